The molecule has 33 heavy (non-hydrogen) atoms. The molecule has 0 aromatic carbocycles. The third-order valence-corrected chi connectivity index (χ3v) is 3.96. The van der Waals surface area contributed by atoms with Gasteiger partial charge < -0.3 is 39.0 Å². The van der Waals surface area contributed by atoms with Crippen molar-refractivity contribution >= 4 is 30.4 Å². The van der Waals surface area contributed by atoms with Crippen LogP contribution in [0.2, 0.25) is 0 Å². The van der Waals surface area contributed by atoms with Crippen LogP contribution in [0, 0.1) is 0 Å². The lowest BCUT2D eigenvalue weighted by atomic mass is 10.0. The molecule has 0 aliphatic carbocycles. The molecule has 0 heterocycles. The number of nitrogens with one attached hydrogen (secondary N) is 1. The molecule has 190 valence electrons. The molecule has 1 amide bonds. The minimum absolute atomic E-state index is 0.00208. The summed E-state index contributed by atoms with van der Waals surface area (Å²) < 4.78 is 21.9. The maximum atomic E-state index is 12.5. The van der Waals surface area contributed by atoms with Gasteiger partial charge in [0.15, 0.2) is 0 Å². The van der Waals surface area contributed by atoms with E-state index in [0.717, 1.165) is 0 Å². The summed E-state index contributed by atoms with van der Waals surface area (Å²) in [5, 5.41) is 11.5. The fourth-order valence-corrected chi connectivity index (χ4v) is 2.61. The van der Waals surface area contributed by atoms with Gasteiger partial charge in [0.25, 0.3) is 0 Å². The van der Waals surface area contributed by atoms with Crippen LogP contribution in [0.15, 0.2) is 0 Å². The van der Waals surface area contributed by atoms with Gasteiger partial charge in [-0.25, -0.2) is 0 Å². The summed E-state index contributed by atoms with van der Waals surface area (Å²) in [6, 6.07) is 0. The molecule has 0 aliphatic heterocycles. The van der Waals surface area contributed by atoms with Crippen molar-refractivity contribution in [1.29, 1.82) is 0 Å². The van der Waals surface area contributed by atoms with Crippen molar-refractivity contribution in [2.24, 2.45) is 0 Å². The SMILES string of the molecule is CC(C)(C)OC(=O)CCOCC(COCCC=O)(COCCC=O)NC(=O)CCCC(=O)O. The van der Waals surface area contributed by atoms with Crippen LogP contribution >= 0.6 is 0 Å². The first-order chi connectivity index (χ1) is 15.5. The number of carboxylic acids is 1. The van der Waals surface area contributed by atoms with E-state index in [1.807, 2.05) is 0 Å². The van der Waals surface area contributed by atoms with E-state index in [9.17, 15) is 24.0 Å². The van der Waals surface area contributed by atoms with E-state index in [-0.39, 0.29) is 78.2 Å². The summed E-state index contributed by atoms with van der Waals surface area (Å²) in [7, 11) is 0. The third kappa shape index (κ3) is 17.8. The summed E-state index contributed by atoms with van der Waals surface area (Å²) in [6.07, 6.45) is 1.68. The summed E-state index contributed by atoms with van der Waals surface area (Å²) >= 11 is 0. The van der Waals surface area contributed by atoms with Gasteiger partial charge in [-0.1, -0.05) is 0 Å². The van der Waals surface area contributed by atoms with Gasteiger partial charge in [-0.15, -0.1) is 0 Å². The van der Waals surface area contributed by atoms with Crippen LogP contribution in [0.3, 0.4) is 0 Å². The van der Waals surface area contributed by atoms with Crippen LogP contribution in [0.5, 0.6) is 0 Å². The molecular weight excluding hydrogens is 438 g/mol. The second-order valence-electron chi connectivity index (χ2n) is 8.48. The van der Waals surface area contributed by atoms with E-state index >= 15 is 0 Å². The number of rotatable bonds is 20. The van der Waals surface area contributed by atoms with Crippen molar-refractivity contribution in [2.45, 2.75) is 70.4 Å². The standard InChI is InChI=1S/C22H37NO10/c1-21(2,3)33-20(29)9-14-32-17-22(15-30-12-5-10-24,16-31-13-6-11-25)23-18(26)7-4-8-19(27)28/h10-11H,4-9,12-17H2,1-3H3,(H,23,26)(H,27,28). The lowest BCUT2D eigenvalue weighted by Crippen LogP contribution is -2.58. The zero-order valence-electron chi connectivity index (χ0n) is 19.8. The number of ether oxygens (including phenoxy) is 4. The molecule has 11 nitrogen and oxygen atoms in total. The molecule has 11 heteroatoms. The van der Waals surface area contributed by atoms with Crippen molar-refractivity contribution in [1.82, 2.24) is 5.32 Å². The van der Waals surface area contributed by atoms with Crippen molar-refractivity contribution in [2.75, 3.05) is 39.6 Å². The molecule has 0 fully saturated rings. The topological polar surface area (TPSA) is 155 Å². The fraction of sp³-hybridized carbons (Fsp3) is 0.773. The van der Waals surface area contributed by atoms with Gasteiger partial charge in [-0.05, 0) is 27.2 Å². The minimum atomic E-state index is -1.17. The Morgan fingerprint density at radius 3 is 1.79 bits per heavy atom. The second kappa shape index (κ2) is 17.2. The number of aldehydes is 2. The Labute approximate surface area is 194 Å². The van der Waals surface area contributed by atoms with Crippen LogP contribution in [-0.2, 0) is 42.9 Å². The van der Waals surface area contributed by atoms with Gasteiger partial charge in [0.1, 0.15) is 23.7 Å². The Balaban J connectivity index is 5.14. The highest BCUT2D eigenvalue weighted by Gasteiger charge is 2.33. The number of carbonyl (C=O) groups is 5. The number of amides is 1. The molecule has 0 spiro atoms. The first kappa shape index (κ1) is 30.6. The zero-order valence-corrected chi connectivity index (χ0v) is 19.8. The number of hydrogen-bond donors (Lipinski definition) is 2. The molecule has 0 aliphatic rings. The van der Waals surface area contributed by atoms with E-state index in [2.05, 4.69) is 5.32 Å². The summed E-state index contributed by atoms with van der Waals surface area (Å²) in [5.41, 5.74) is -1.79. The number of aliphatic carboxylic acids is 1. The number of hydrogen-bond acceptors (Lipinski definition) is 9. The predicted octanol–water partition coefficient (Wildman–Crippen LogP) is 1.06. The molecule has 0 aromatic heterocycles. The smallest absolute Gasteiger partial charge is 0.308 e. The lowest BCUT2D eigenvalue weighted by molar-refractivity contribution is -0.156. The first-order valence-corrected chi connectivity index (χ1v) is 10.9. The molecular formula is C22H37NO10. The Morgan fingerprint density at radius 1 is 0.818 bits per heavy atom. The number of esters is 1. The Hall–Kier alpha value is -2.37. The summed E-state index contributed by atoms with van der Waals surface area (Å²) in [5.74, 6) is -1.87. The van der Waals surface area contributed by atoms with Crippen LogP contribution in [-0.4, -0.2) is 86.3 Å². The van der Waals surface area contributed by atoms with Gasteiger partial charge in [0.2, 0.25) is 5.91 Å². The predicted molar refractivity (Wildman–Crippen MR) is 117 cm³/mol. The molecule has 0 aromatic rings. The van der Waals surface area contributed by atoms with Crippen molar-refractivity contribution in [3.63, 3.8) is 0 Å². The molecule has 0 saturated heterocycles. The quantitative estimate of drug-likeness (QED) is 0.148. The van der Waals surface area contributed by atoms with E-state index in [1.165, 1.54) is 0 Å². The largest absolute Gasteiger partial charge is 0.481 e. The molecule has 0 rings (SSSR count). The van der Waals surface area contributed by atoms with Crippen LogP contribution in [0.25, 0.3) is 0 Å². The summed E-state index contributed by atoms with van der Waals surface area (Å²) in [4.78, 5) is 56.2. The van der Waals surface area contributed by atoms with Gasteiger partial charge in [0, 0.05) is 25.7 Å². The molecule has 0 atom stereocenters. The fourth-order valence-electron chi connectivity index (χ4n) is 2.61. The monoisotopic (exact) mass is 475 g/mol. The normalized spacial score (nSPS) is 11.6. The molecule has 0 radical (unpaired) electrons. The first-order valence-electron chi connectivity index (χ1n) is 10.9. The van der Waals surface area contributed by atoms with Crippen molar-refractivity contribution < 1.29 is 48.0 Å². The Bertz CT molecular complexity index is 599. The van der Waals surface area contributed by atoms with Gasteiger partial charge >= 0.3 is 11.9 Å². The third-order valence-electron chi connectivity index (χ3n) is 3.96. The highest BCUT2D eigenvalue weighted by molar-refractivity contribution is 5.77. The van der Waals surface area contributed by atoms with Gasteiger partial charge in [-0.2, -0.15) is 0 Å². The Kier molecular flexibility index (Phi) is 15.9. The van der Waals surface area contributed by atoms with E-state index < -0.39 is 29.0 Å². The number of carbonyl (C=O) groups excluding carboxylic acids is 4. The highest BCUT2D eigenvalue weighted by Crippen LogP contribution is 2.12. The minimum Gasteiger partial charge on any atom is -0.481 e. The van der Waals surface area contributed by atoms with Gasteiger partial charge in [0.05, 0.1) is 46.1 Å². The lowest BCUT2D eigenvalue weighted by Gasteiger charge is -2.34. The average molecular weight is 476 g/mol. The maximum absolute atomic E-state index is 12.5. The highest BCUT2D eigenvalue weighted by atomic mass is 16.6. The van der Waals surface area contributed by atoms with Crippen LogP contribution in [0.4, 0.5) is 0 Å². The van der Waals surface area contributed by atoms with Crippen LogP contribution < -0.4 is 5.32 Å². The van der Waals surface area contributed by atoms with Gasteiger partial charge in [-0.3, -0.25) is 14.4 Å². The maximum Gasteiger partial charge on any atom is 0.308 e. The van der Waals surface area contributed by atoms with E-state index in [4.69, 9.17) is 24.1 Å². The molecule has 2 N–H and O–H groups in total. The van der Waals surface area contributed by atoms with Crippen LogP contribution in [0.1, 0.15) is 59.3 Å². The number of carboxylic acid groups (broad SMARTS) is 1. The second-order valence-corrected chi connectivity index (χ2v) is 8.48. The van der Waals surface area contributed by atoms with E-state index in [0.29, 0.717) is 12.6 Å². The zero-order chi connectivity index (χ0) is 25.2. The van der Waals surface area contributed by atoms with Crippen molar-refractivity contribution in [3.8, 4) is 0 Å². The van der Waals surface area contributed by atoms with E-state index in [1.54, 1.807) is 20.8 Å². The molecule has 0 saturated carbocycles. The Morgan fingerprint density at radius 2 is 1.33 bits per heavy atom. The average Bonchev–Trinajstić information content (AvgIpc) is 2.70. The summed E-state index contributed by atoms with van der Waals surface area (Å²) in [6.45, 7) is 5.33. The van der Waals surface area contributed by atoms with Crippen molar-refractivity contribution in [3.05, 3.63) is 0 Å². The molecule has 0 bridgehead atoms. The molecule has 0 unspecified atom stereocenters.